The monoisotopic (exact) mass is 360 g/mol. The summed E-state index contributed by atoms with van der Waals surface area (Å²) < 4.78 is 0.858. The van der Waals surface area contributed by atoms with Crippen molar-refractivity contribution in [3.8, 4) is 0 Å². The summed E-state index contributed by atoms with van der Waals surface area (Å²) in [6.45, 7) is 1.82. The molecule has 0 saturated carbocycles. The van der Waals surface area contributed by atoms with Crippen LogP contribution in [0.4, 0.5) is 5.82 Å². The first-order valence-corrected chi connectivity index (χ1v) is 6.65. The Morgan fingerprint density at radius 3 is 2.74 bits per heavy atom. The van der Waals surface area contributed by atoms with Crippen molar-refractivity contribution in [1.82, 2.24) is 15.2 Å². The summed E-state index contributed by atoms with van der Waals surface area (Å²) >= 11 is 14.8. The molecule has 2 heterocycles. The molecule has 2 rings (SSSR count). The van der Waals surface area contributed by atoms with Crippen LogP contribution in [0, 0.1) is 6.92 Å². The average Bonchev–Trinajstić information content (AvgIpc) is 2.36. The van der Waals surface area contributed by atoms with Crippen LogP contribution in [0.1, 0.15) is 16.1 Å². The highest BCUT2D eigenvalue weighted by Crippen LogP contribution is 2.19. The van der Waals surface area contributed by atoms with E-state index in [9.17, 15) is 4.79 Å². The lowest BCUT2D eigenvalue weighted by atomic mass is 10.3. The number of nitrogens with one attached hydrogen (secondary N) is 1. The van der Waals surface area contributed by atoms with Crippen LogP contribution in [0.15, 0.2) is 22.7 Å². The van der Waals surface area contributed by atoms with E-state index in [2.05, 4.69) is 36.4 Å². The molecule has 0 aliphatic heterocycles. The van der Waals surface area contributed by atoms with E-state index in [1.165, 1.54) is 6.07 Å². The molecule has 2 aromatic rings. The third-order valence-corrected chi connectivity index (χ3v) is 3.53. The van der Waals surface area contributed by atoms with E-state index in [-0.39, 0.29) is 15.9 Å². The third kappa shape index (κ3) is 3.40. The summed E-state index contributed by atoms with van der Waals surface area (Å²) in [5, 5.41) is 9.79. The highest BCUT2D eigenvalue weighted by molar-refractivity contribution is 9.10. The minimum Gasteiger partial charge on any atom is -0.306 e. The van der Waals surface area contributed by atoms with Crippen LogP contribution in [0.5, 0.6) is 0 Å². The molecule has 0 aliphatic carbocycles. The number of rotatable bonds is 2. The van der Waals surface area contributed by atoms with Crippen molar-refractivity contribution in [3.63, 3.8) is 0 Å². The normalized spacial score (nSPS) is 10.3. The zero-order chi connectivity index (χ0) is 14.0. The van der Waals surface area contributed by atoms with Gasteiger partial charge in [-0.3, -0.25) is 4.79 Å². The standard InChI is InChI=1S/C11H7BrCl2N4O/c1-5-7(12)2-3-9(15-5)16-11(19)6-4-8(13)17-18-10(6)14/h2-4H,1H3,(H,15,16,19). The maximum atomic E-state index is 12.0. The first kappa shape index (κ1) is 14.2. The maximum Gasteiger partial charge on any atom is 0.260 e. The highest BCUT2D eigenvalue weighted by Gasteiger charge is 2.14. The van der Waals surface area contributed by atoms with E-state index in [1.54, 1.807) is 12.1 Å². The molecule has 0 radical (unpaired) electrons. The molecule has 0 bridgehead atoms. The molecule has 0 aliphatic rings. The lowest BCUT2D eigenvalue weighted by molar-refractivity contribution is 0.102. The van der Waals surface area contributed by atoms with Crippen molar-refractivity contribution in [2.75, 3.05) is 5.32 Å². The second-order valence-corrected chi connectivity index (χ2v) is 5.19. The Hall–Kier alpha value is -1.24. The van der Waals surface area contributed by atoms with Gasteiger partial charge in [-0.25, -0.2) is 4.98 Å². The van der Waals surface area contributed by atoms with Crippen LogP contribution in [0.3, 0.4) is 0 Å². The summed E-state index contributed by atoms with van der Waals surface area (Å²) in [4.78, 5) is 16.2. The van der Waals surface area contributed by atoms with Crippen LogP contribution in [-0.4, -0.2) is 21.1 Å². The summed E-state index contributed by atoms with van der Waals surface area (Å²) in [5.41, 5.74) is 0.902. The first-order chi connectivity index (χ1) is 8.97. The quantitative estimate of drug-likeness (QED) is 0.888. The topological polar surface area (TPSA) is 67.8 Å². The Morgan fingerprint density at radius 1 is 1.32 bits per heavy atom. The highest BCUT2D eigenvalue weighted by atomic mass is 79.9. The summed E-state index contributed by atoms with van der Waals surface area (Å²) in [6.07, 6.45) is 0. The Labute approximate surface area is 127 Å². The number of pyridine rings is 1. The van der Waals surface area contributed by atoms with Gasteiger partial charge < -0.3 is 5.32 Å². The van der Waals surface area contributed by atoms with Gasteiger partial charge in [0.15, 0.2) is 10.3 Å². The fourth-order valence-corrected chi connectivity index (χ4v) is 1.86. The number of aromatic nitrogens is 3. The molecular weight excluding hydrogens is 355 g/mol. The van der Waals surface area contributed by atoms with Crippen LogP contribution in [-0.2, 0) is 0 Å². The molecule has 1 N–H and O–H groups in total. The largest absolute Gasteiger partial charge is 0.306 e. The Bertz CT molecular complexity index is 651. The smallest absolute Gasteiger partial charge is 0.260 e. The zero-order valence-corrected chi connectivity index (χ0v) is 12.7. The Morgan fingerprint density at radius 2 is 2.05 bits per heavy atom. The molecule has 0 aromatic carbocycles. The van der Waals surface area contributed by atoms with E-state index in [0.717, 1.165) is 10.2 Å². The van der Waals surface area contributed by atoms with Gasteiger partial charge in [-0.1, -0.05) is 23.2 Å². The molecule has 2 aromatic heterocycles. The number of aryl methyl sites for hydroxylation is 1. The number of halogens is 3. The molecule has 0 fully saturated rings. The number of anilines is 1. The molecule has 19 heavy (non-hydrogen) atoms. The van der Waals surface area contributed by atoms with Crippen molar-refractivity contribution in [2.45, 2.75) is 6.92 Å². The number of nitrogens with zero attached hydrogens (tertiary/aromatic N) is 3. The number of hydrogen-bond acceptors (Lipinski definition) is 4. The summed E-state index contributed by atoms with van der Waals surface area (Å²) in [7, 11) is 0. The molecular formula is C11H7BrCl2N4O. The molecule has 0 unspecified atom stereocenters. The summed E-state index contributed by atoms with van der Waals surface area (Å²) in [6, 6.07) is 4.80. The second-order valence-electron chi connectivity index (χ2n) is 3.59. The summed E-state index contributed by atoms with van der Waals surface area (Å²) in [5.74, 6) is -0.0364. The van der Waals surface area contributed by atoms with Crippen molar-refractivity contribution in [2.24, 2.45) is 0 Å². The molecule has 8 heteroatoms. The van der Waals surface area contributed by atoms with Gasteiger partial charge in [0, 0.05) is 4.47 Å². The predicted molar refractivity (Wildman–Crippen MR) is 76.7 cm³/mol. The molecule has 1 amide bonds. The van der Waals surface area contributed by atoms with Gasteiger partial charge in [0.1, 0.15) is 5.82 Å². The van der Waals surface area contributed by atoms with E-state index < -0.39 is 5.91 Å². The minimum absolute atomic E-state index is 0.0178. The van der Waals surface area contributed by atoms with E-state index in [4.69, 9.17) is 23.2 Å². The molecule has 0 saturated heterocycles. The van der Waals surface area contributed by atoms with Crippen molar-refractivity contribution in [3.05, 3.63) is 44.2 Å². The van der Waals surface area contributed by atoms with Gasteiger partial charge in [-0.15, -0.1) is 10.2 Å². The fourth-order valence-electron chi connectivity index (χ4n) is 1.31. The predicted octanol–water partition coefficient (Wildman–Crippen LogP) is 3.50. The lowest BCUT2D eigenvalue weighted by Gasteiger charge is -2.06. The maximum absolute atomic E-state index is 12.0. The van der Waals surface area contributed by atoms with Crippen LogP contribution < -0.4 is 5.32 Å². The molecule has 0 spiro atoms. The van der Waals surface area contributed by atoms with E-state index >= 15 is 0 Å². The third-order valence-electron chi connectivity index (χ3n) is 2.23. The van der Waals surface area contributed by atoms with Gasteiger partial charge >= 0.3 is 0 Å². The SMILES string of the molecule is Cc1nc(NC(=O)c2cc(Cl)nnc2Cl)ccc1Br. The fraction of sp³-hybridized carbons (Fsp3) is 0.0909. The van der Waals surface area contributed by atoms with Crippen LogP contribution >= 0.6 is 39.1 Å². The number of carbonyl (C=O) groups excluding carboxylic acids is 1. The Kier molecular flexibility index (Phi) is 4.34. The van der Waals surface area contributed by atoms with Crippen LogP contribution in [0.25, 0.3) is 0 Å². The number of hydrogen-bond donors (Lipinski definition) is 1. The van der Waals surface area contributed by atoms with Crippen LogP contribution in [0.2, 0.25) is 10.3 Å². The number of amides is 1. The minimum atomic E-state index is -0.448. The van der Waals surface area contributed by atoms with Gasteiger partial charge in [0.25, 0.3) is 5.91 Å². The Balaban J connectivity index is 2.25. The number of carbonyl (C=O) groups is 1. The second kappa shape index (κ2) is 5.81. The molecule has 5 nitrogen and oxygen atoms in total. The van der Waals surface area contributed by atoms with Gasteiger partial charge in [-0.05, 0) is 41.1 Å². The average molecular weight is 362 g/mol. The lowest BCUT2D eigenvalue weighted by Crippen LogP contribution is -2.14. The van der Waals surface area contributed by atoms with Crippen molar-refractivity contribution >= 4 is 50.9 Å². The zero-order valence-electron chi connectivity index (χ0n) is 9.62. The van der Waals surface area contributed by atoms with Crippen molar-refractivity contribution < 1.29 is 4.79 Å². The van der Waals surface area contributed by atoms with Crippen molar-refractivity contribution in [1.29, 1.82) is 0 Å². The molecule has 98 valence electrons. The van der Waals surface area contributed by atoms with E-state index in [1.807, 2.05) is 6.92 Å². The first-order valence-electron chi connectivity index (χ1n) is 5.10. The van der Waals surface area contributed by atoms with Gasteiger partial charge in [0.2, 0.25) is 0 Å². The van der Waals surface area contributed by atoms with Gasteiger partial charge in [-0.2, -0.15) is 0 Å². The molecule has 0 atom stereocenters. The van der Waals surface area contributed by atoms with Gasteiger partial charge in [0.05, 0.1) is 11.3 Å². The van der Waals surface area contributed by atoms with E-state index in [0.29, 0.717) is 5.82 Å².